The molecule has 12 heteroatoms. The molecule has 2 N–H and O–H groups in total. The summed E-state index contributed by atoms with van der Waals surface area (Å²) in [5, 5.41) is 15.8. The Balaban J connectivity index is 2.72. The zero-order chi connectivity index (χ0) is 20.6. The summed E-state index contributed by atoms with van der Waals surface area (Å²) in [6.07, 6.45) is -4.75. The average Bonchev–Trinajstić information content (AvgIpc) is 2.58. The maximum Gasteiger partial charge on any atom is 0.416 e. The highest BCUT2D eigenvalue weighted by Gasteiger charge is 2.33. The maximum absolute atomic E-state index is 12.7. The van der Waals surface area contributed by atoms with Crippen LogP contribution in [0.5, 0.6) is 0 Å². The quantitative estimate of drug-likeness (QED) is 0.284. The predicted octanol–water partition coefficient (Wildman–Crippen LogP) is 1.72. The first-order chi connectivity index (χ1) is 12.6. The number of benzene rings is 1. The van der Waals surface area contributed by atoms with E-state index in [1.807, 2.05) is 0 Å². The van der Waals surface area contributed by atoms with Gasteiger partial charge in [0.25, 0.3) is 11.6 Å². The van der Waals surface area contributed by atoms with Crippen molar-refractivity contribution in [1.29, 1.82) is 0 Å². The van der Waals surface area contributed by atoms with E-state index in [0.717, 1.165) is 6.07 Å². The molecule has 0 aromatic heterocycles. The number of alkyl halides is 3. The maximum atomic E-state index is 12.7. The summed E-state index contributed by atoms with van der Waals surface area (Å²) in [6.45, 7) is 1.20. The molecule has 0 aliphatic heterocycles. The van der Waals surface area contributed by atoms with E-state index in [1.54, 1.807) is 0 Å². The molecule has 1 rings (SSSR count). The highest BCUT2D eigenvalue weighted by Crippen LogP contribution is 2.35. The molecule has 0 aliphatic rings. The minimum atomic E-state index is -4.75. The Hall–Kier alpha value is -2.89. The van der Waals surface area contributed by atoms with Gasteiger partial charge in [-0.3, -0.25) is 14.9 Å². The van der Waals surface area contributed by atoms with Gasteiger partial charge in [-0.1, -0.05) is 0 Å². The lowest BCUT2D eigenvalue weighted by Crippen LogP contribution is -2.35. The molecule has 1 amide bonds. The Kier molecular flexibility index (Phi) is 7.97. The minimum absolute atomic E-state index is 0.221. The molecule has 0 fully saturated rings. The lowest BCUT2D eigenvalue weighted by molar-refractivity contribution is -0.384. The van der Waals surface area contributed by atoms with Crippen molar-refractivity contribution in [2.75, 3.05) is 32.2 Å². The van der Waals surface area contributed by atoms with E-state index in [1.165, 1.54) is 14.0 Å². The summed E-state index contributed by atoms with van der Waals surface area (Å²) in [6, 6.07) is 0.717. The van der Waals surface area contributed by atoms with Gasteiger partial charge in [0.15, 0.2) is 6.61 Å². The van der Waals surface area contributed by atoms with Crippen molar-refractivity contribution in [2.45, 2.75) is 19.1 Å². The number of halogens is 3. The first-order valence-electron chi connectivity index (χ1n) is 7.60. The van der Waals surface area contributed by atoms with E-state index >= 15 is 0 Å². The lowest BCUT2D eigenvalue weighted by atomic mass is 10.1. The van der Waals surface area contributed by atoms with E-state index in [2.05, 4.69) is 10.6 Å². The summed E-state index contributed by atoms with van der Waals surface area (Å²) in [4.78, 5) is 33.3. The number of esters is 1. The van der Waals surface area contributed by atoms with Crippen molar-refractivity contribution in [3.05, 3.63) is 33.9 Å². The number of methoxy groups -OCH3 is 1. The van der Waals surface area contributed by atoms with Crippen LogP contribution in [0.3, 0.4) is 0 Å². The zero-order valence-electron chi connectivity index (χ0n) is 14.5. The van der Waals surface area contributed by atoms with Gasteiger partial charge in [0.1, 0.15) is 11.7 Å². The van der Waals surface area contributed by atoms with Gasteiger partial charge in [0.2, 0.25) is 0 Å². The first kappa shape index (κ1) is 22.2. The van der Waals surface area contributed by atoms with Crippen LogP contribution < -0.4 is 10.6 Å². The molecule has 0 unspecified atom stereocenters. The van der Waals surface area contributed by atoms with Gasteiger partial charge < -0.3 is 20.1 Å². The normalized spacial score (nSPS) is 12.2. The van der Waals surface area contributed by atoms with Crippen molar-refractivity contribution >= 4 is 23.3 Å². The third-order valence-corrected chi connectivity index (χ3v) is 3.22. The monoisotopic (exact) mass is 393 g/mol. The SMILES string of the molecule is COCCNC(=O)COC(=O)[C@H](C)Nc1ccc(C(F)(F)F)cc1[N+](=O)[O-]. The van der Waals surface area contributed by atoms with E-state index < -0.39 is 46.9 Å². The standard InChI is InChI=1S/C15H18F3N3O6/c1-9(14(23)27-8-13(22)19-5-6-26-2)20-11-4-3-10(15(16,17)18)7-12(11)21(24)25/h3-4,7,9,20H,5-6,8H2,1-2H3,(H,19,22)/t9-/m0/s1. The Morgan fingerprint density at radius 1 is 1.33 bits per heavy atom. The molecular weight excluding hydrogens is 375 g/mol. The smallest absolute Gasteiger partial charge is 0.416 e. The Morgan fingerprint density at radius 3 is 2.56 bits per heavy atom. The van der Waals surface area contributed by atoms with Crippen LogP contribution in [-0.4, -0.2) is 49.7 Å². The first-order valence-corrected chi connectivity index (χ1v) is 7.60. The second-order valence-electron chi connectivity index (χ2n) is 5.30. The number of carbonyl (C=O) groups is 2. The fourth-order valence-electron chi connectivity index (χ4n) is 1.88. The number of hydrogen-bond acceptors (Lipinski definition) is 7. The van der Waals surface area contributed by atoms with Gasteiger partial charge in [-0.25, -0.2) is 4.79 Å². The van der Waals surface area contributed by atoms with Gasteiger partial charge in [-0.15, -0.1) is 0 Å². The summed E-state index contributed by atoms with van der Waals surface area (Å²) in [5.41, 5.74) is -2.33. The number of amides is 1. The van der Waals surface area contributed by atoms with Crippen molar-refractivity contribution in [2.24, 2.45) is 0 Å². The van der Waals surface area contributed by atoms with E-state index in [0.29, 0.717) is 12.1 Å². The fraction of sp³-hybridized carbons (Fsp3) is 0.467. The van der Waals surface area contributed by atoms with Crippen LogP contribution >= 0.6 is 0 Å². The van der Waals surface area contributed by atoms with Gasteiger partial charge in [0.05, 0.1) is 17.1 Å². The number of hydrogen-bond donors (Lipinski definition) is 2. The topological polar surface area (TPSA) is 120 Å². The number of anilines is 1. The van der Waals surface area contributed by atoms with Crippen LogP contribution in [0.4, 0.5) is 24.5 Å². The van der Waals surface area contributed by atoms with Crippen LogP contribution in [0.2, 0.25) is 0 Å². The number of ether oxygens (including phenoxy) is 2. The number of nitrogens with one attached hydrogen (secondary N) is 2. The van der Waals surface area contributed by atoms with Gasteiger partial charge in [-0.2, -0.15) is 13.2 Å². The number of nitro benzene ring substituents is 1. The summed E-state index contributed by atoms with van der Waals surface area (Å²) in [5.74, 6) is -1.49. The molecule has 9 nitrogen and oxygen atoms in total. The summed E-state index contributed by atoms with van der Waals surface area (Å²) in [7, 11) is 1.44. The molecule has 0 saturated heterocycles. The van der Waals surface area contributed by atoms with Gasteiger partial charge in [0, 0.05) is 19.7 Å². The van der Waals surface area contributed by atoms with Crippen LogP contribution in [-0.2, 0) is 25.2 Å². The van der Waals surface area contributed by atoms with E-state index in [-0.39, 0.29) is 18.8 Å². The zero-order valence-corrected chi connectivity index (χ0v) is 14.5. The highest BCUT2D eigenvalue weighted by atomic mass is 19.4. The molecule has 0 heterocycles. The van der Waals surface area contributed by atoms with Crippen LogP contribution in [0.1, 0.15) is 12.5 Å². The van der Waals surface area contributed by atoms with Crippen molar-refractivity contribution in [3.8, 4) is 0 Å². The molecule has 1 atom stereocenters. The predicted molar refractivity (Wildman–Crippen MR) is 87.0 cm³/mol. The van der Waals surface area contributed by atoms with Crippen molar-refractivity contribution < 1.29 is 37.2 Å². The molecule has 0 radical (unpaired) electrons. The van der Waals surface area contributed by atoms with E-state index in [4.69, 9.17) is 9.47 Å². The largest absolute Gasteiger partial charge is 0.454 e. The second kappa shape index (κ2) is 9.71. The summed E-state index contributed by atoms with van der Waals surface area (Å²) < 4.78 is 47.5. The molecular formula is C15H18F3N3O6. The molecule has 27 heavy (non-hydrogen) atoms. The third-order valence-electron chi connectivity index (χ3n) is 3.22. The third kappa shape index (κ3) is 7.09. The average molecular weight is 393 g/mol. The number of nitro groups is 1. The molecule has 1 aromatic rings. The lowest BCUT2D eigenvalue weighted by Gasteiger charge is -2.15. The van der Waals surface area contributed by atoms with Gasteiger partial charge in [-0.05, 0) is 19.1 Å². The molecule has 0 bridgehead atoms. The summed E-state index contributed by atoms with van der Waals surface area (Å²) >= 11 is 0. The van der Waals surface area contributed by atoms with Crippen molar-refractivity contribution in [3.63, 3.8) is 0 Å². The number of carbonyl (C=O) groups excluding carboxylic acids is 2. The van der Waals surface area contributed by atoms with Gasteiger partial charge >= 0.3 is 12.1 Å². The molecule has 0 aliphatic carbocycles. The van der Waals surface area contributed by atoms with E-state index in [9.17, 15) is 32.9 Å². The van der Waals surface area contributed by atoms with Crippen molar-refractivity contribution in [1.82, 2.24) is 5.32 Å². The molecule has 150 valence electrons. The number of nitrogens with zero attached hydrogens (tertiary/aromatic N) is 1. The Bertz CT molecular complexity index is 696. The molecule has 1 aromatic carbocycles. The van der Waals surface area contributed by atoms with Crippen LogP contribution in [0, 0.1) is 10.1 Å². The highest BCUT2D eigenvalue weighted by molar-refractivity contribution is 5.84. The van der Waals surface area contributed by atoms with Crippen LogP contribution in [0.25, 0.3) is 0 Å². The fourth-order valence-corrected chi connectivity index (χ4v) is 1.88. The minimum Gasteiger partial charge on any atom is -0.454 e. The number of rotatable bonds is 9. The van der Waals surface area contributed by atoms with Crippen LogP contribution in [0.15, 0.2) is 18.2 Å². The Morgan fingerprint density at radius 2 is 2.00 bits per heavy atom. The Labute approximate surface area is 152 Å². The second-order valence-corrected chi connectivity index (χ2v) is 5.30. The molecule has 0 saturated carbocycles. The molecule has 0 spiro atoms.